The van der Waals surface area contributed by atoms with Crippen LogP contribution in [0.15, 0.2) is 42.0 Å². The molecule has 1 N–H and O–H groups in total. The van der Waals surface area contributed by atoms with E-state index in [1.54, 1.807) is 17.7 Å². The van der Waals surface area contributed by atoms with Crippen molar-refractivity contribution >= 4 is 27.4 Å². The van der Waals surface area contributed by atoms with Gasteiger partial charge in [0.1, 0.15) is 17.0 Å². The Morgan fingerprint density at radius 2 is 2.00 bits per heavy atom. The van der Waals surface area contributed by atoms with Gasteiger partial charge in [0.2, 0.25) is 0 Å². The Morgan fingerprint density at radius 3 is 2.79 bits per heavy atom. The first-order valence-electron chi connectivity index (χ1n) is 6.41. The lowest BCUT2D eigenvalue weighted by Gasteiger charge is -2.07. The maximum absolute atomic E-state index is 4.39. The second-order valence-electron chi connectivity index (χ2n) is 4.34. The number of aromatic nitrogens is 2. The first-order chi connectivity index (χ1) is 9.40. The van der Waals surface area contributed by atoms with Gasteiger partial charge in [-0.1, -0.05) is 37.3 Å². The van der Waals surface area contributed by atoms with E-state index in [9.17, 15) is 0 Å². The van der Waals surface area contributed by atoms with Crippen LogP contribution in [0.2, 0.25) is 0 Å². The fourth-order valence-electron chi connectivity index (χ4n) is 2.08. The van der Waals surface area contributed by atoms with Crippen LogP contribution in [0.5, 0.6) is 0 Å². The van der Waals surface area contributed by atoms with E-state index in [4.69, 9.17) is 0 Å². The van der Waals surface area contributed by atoms with Crippen molar-refractivity contribution in [2.45, 2.75) is 13.3 Å². The second kappa shape index (κ2) is 5.36. The summed E-state index contributed by atoms with van der Waals surface area (Å²) in [6.07, 6.45) is 2.71. The number of anilines is 1. The summed E-state index contributed by atoms with van der Waals surface area (Å²) in [5, 5.41) is 6.68. The van der Waals surface area contributed by atoms with Crippen LogP contribution >= 0.6 is 11.3 Å². The van der Waals surface area contributed by atoms with Crippen LogP contribution in [0.1, 0.15) is 13.3 Å². The highest BCUT2D eigenvalue weighted by molar-refractivity contribution is 7.17. The Labute approximate surface area is 116 Å². The minimum absolute atomic E-state index is 0.927. The number of benzene rings is 1. The van der Waals surface area contributed by atoms with E-state index in [0.717, 1.165) is 29.0 Å². The third-order valence-electron chi connectivity index (χ3n) is 3.00. The third kappa shape index (κ3) is 2.31. The lowest BCUT2D eigenvalue weighted by molar-refractivity contribution is 0.970. The van der Waals surface area contributed by atoms with E-state index in [1.165, 1.54) is 11.1 Å². The summed E-state index contributed by atoms with van der Waals surface area (Å²) >= 11 is 1.67. The summed E-state index contributed by atoms with van der Waals surface area (Å²) in [5.41, 5.74) is 2.42. The van der Waals surface area contributed by atoms with Gasteiger partial charge in [0.15, 0.2) is 0 Å². The maximum Gasteiger partial charge on any atom is 0.138 e. The van der Waals surface area contributed by atoms with Crippen LogP contribution in [0.3, 0.4) is 0 Å². The lowest BCUT2D eigenvalue weighted by Crippen LogP contribution is -2.02. The van der Waals surface area contributed by atoms with E-state index in [1.807, 2.05) is 6.07 Å². The van der Waals surface area contributed by atoms with Crippen molar-refractivity contribution in [1.29, 1.82) is 0 Å². The number of hydrogen-bond donors (Lipinski definition) is 1. The van der Waals surface area contributed by atoms with Crippen LogP contribution in [-0.4, -0.2) is 16.5 Å². The molecule has 0 aliphatic carbocycles. The lowest BCUT2D eigenvalue weighted by atomic mass is 10.1. The highest BCUT2D eigenvalue weighted by atomic mass is 32.1. The Hall–Kier alpha value is -1.94. The molecule has 0 unspecified atom stereocenters. The van der Waals surface area contributed by atoms with Crippen LogP contribution in [-0.2, 0) is 0 Å². The predicted molar refractivity (Wildman–Crippen MR) is 81.6 cm³/mol. The normalized spacial score (nSPS) is 10.8. The summed E-state index contributed by atoms with van der Waals surface area (Å²) < 4.78 is 0. The van der Waals surface area contributed by atoms with E-state index < -0.39 is 0 Å². The van der Waals surface area contributed by atoms with Gasteiger partial charge in [0.25, 0.3) is 0 Å². The molecule has 0 bridgehead atoms. The molecule has 3 rings (SSSR count). The predicted octanol–water partition coefficient (Wildman–Crippen LogP) is 4.18. The van der Waals surface area contributed by atoms with Crippen molar-refractivity contribution in [3.05, 3.63) is 42.0 Å². The maximum atomic E-state index is 4.39. The zero-order valence-electron chi connectivity index (χ0n) is 10.8. The molecular weight excluding hydrogens is 254 g/mol. The number of thiophene rings is 1. The largest absolute Gasteiger partial charge is 0.369 e. The highest BCUT2D eigenvalue weighted by Gasteiger charge is 2.12. The standard InChI is InChI=1S/C15H15N3S/c1-2-8-16-14-13-12(11-6-4-3-5-7-11)9-19-15(13)18-10-17-14/h3-7,9-10H,2,8H2,1H3,(H,16,17,18). The van der Waals surface area contributed by atoms with Crippen LogP contribution < -0.4 is 5.32 Å². The summed E-state index contributed by atoms with van der Waals surface area (Å²) in [6.45, 7) is 3.08. The molecule has 0 aliphatic rings. The van der Waals surface area contributed by atoms with E-state index in [0.29, 0.717) is 0 Å². The van der Waals surface area contributed by atoms with Crippen molar-refractivity contribution in [2.75, 3.05) is 11.9 Å². The molecule has 0 fully saturated rings. The molecule has 2 aromatic heterocycles. The molecule has 96 valence electrons. The average Bonchev–Trinajstić information content (AvgIpc) is 2.90. The molecule has 0 aliphatic heterocycles. The molecule has 19 heavy (non-hydrogen) atoms. The van der Waals surface area contributed by atoms with Gasteiger partial charge in [-0.3, -0.25) is 0 Å². The number of nitrogens with one attached hydrogen (secondary N) is 1. The molecule has 0 amide bonds. The van der Waals surface area contributed by atoms with Gasteiger partial charge in [0.05, 0.1) is 5.39 Å². The van der Waals surface area contributed by atoms with Crippen molar-refractivity contribution in [2.24, 2.45) is 0 Å². The average molecular weight is 269 g/mol. The molecule has 0 radical (unpaired) electrons. The van der Waals surface area contributed by atoms with E-state index >= 15 is 0 Å². The molecule has 3 nitrogen and oxygen atoms in total. The van der Waals surface area contributed by atoms with Gasteiger partial charge >= 0.3 is 0 Å². The van der Waals surface area contributed by atoms with Gasteiger partial charge in [-0.25, -0.2) is 9.97 Å². The zero-order chi connectivity index (χ0) is 13.1. The minimum atomic E-state index is 0.927. The number of fused-ring (bicyclic) bond motifs is 1. The van der Waals surface area contributed by atoms with Crippen molar-refractivity contribution in [3.63, 3.8) is 0 Å². The smallest absolute Gasteiger partial charge is 0.138 e. The summed E-state index contributed by atoms with van der Waals surface area (Å²) in [6, 6.07) is 10.4. The first kappa shape index (κ1) is 12.1. The van der Waals surface area contributed by atoms with Gasteiger partial charge in [-0.15, -0.1) is 11.3 Å². The van der Waals surface area contributed by atoms with Crippen molar-refractivity contribution in [1.82, 2.24) is 9.97 Å². The van der Waals surface area contributed by atoms with Gasteiger partial charge in [0, 0.05) is 17.5 Å². The van der Waals surface area contributed by atoms with E-state index in [2.05, 4.69) is 51.9 Å². The minimum Gasteiger partial charge on any atom is -0.369 e. The number of rotatable bonds is 4. The SMILES string of the molecule is CCCNc1ncnc2scc(-c3ccccc3)c12. The Balaban J connectivity index is 2.15. The fourth-order valence-corrected chi connectivity index (χ4v) is 3.00. The van der Waals surface area contributed by atoms with Gasteiger partial charge in [-0.2, -0.15) is 0 Å². The topological polar surface area (TPSA) is 37.8 Å². The monoisotopic (exact) mass is 269 g/mol. The molecule has 2 heterocycles. The van der Waals surface area contributed by atoms with Crippen LogP contribution in [0.4, 0.5) is 5.82 Å². The van der Waals surface area contributed by atoms with E-state index in [-0.39, 0.29) is 0 Å². The molecular formula is C15H15N3S. The number of hydrogen-bond acceptors (Lipinski definition) is 4. The van der Waals surface area contributed by atoms with Crippen LogP contribution in [0, 0.1) is 0 Å². The molecule has 4 heteroatoms. The summed E-state index contributed by atoms with van der Waals surface area (Å²) in [7, 11) is 0. The molecule has 3 aromatic rings. The van der Waals surface area contributed by atoms with Crippen molar-refractivity contribution < 1.29 is 0 Å². The Morgan fingerprint density at radius 1 is 1.16 bits per heavy atom. The Kier molecular flexibility index (Phi) is 3.42. The molecule has 0 saturated carbocycles. The van der Waals surface area contributed by atoms with Crippen molar-refractivity contribution in [3.8, 4) is 11.1 Å². The molecule has 0 saturated heterocycles. The fraction of sp³-hybridized carbons (Fsp3) is 0.200. The molecule has 1 aromatic carbocycles. The number of nitrogens with zero attached hydrogens (tertiary/aromatic N) is 2. The summed E-state index contributed by atoms with van der Waals surface area (Å²) in [4.78, 5) is 9.79. The Bertz CT molecular complexity index is 676. The first-order valence-corrected chi connectivity index (χ1v) is 7.29. The van der Waals surface area contributed by atoms with Gasteiger partial charge < -0.3 is 5.32 Å². The zero-order valence-corrected chi connectivity index (χ0v) is 11.6. The second-order valence-corrected chi connectivity index (χ2v) is 5.20. The van der Waals surface area contributed by atoms with Gasteiger partial charge in [-0.05, 0) is 12.0 Å². The summed E-state index contributed by atoms with van der Waals surface area (Å²) in [5.74, 6) is 0.937. The highest BCUT2D eigenvalue weighted by Crippen LogP contribution is 2.36. The molecule has 0 atom stereocenters. The third-order valence-corrected chi connectivity index (χ3v) is 3.88. The molecule has 0 spiro atoms. The van der Waals surface area contributed by atoms with Crippen LogP contribution in [0.25, 0.3) is 21.3 Å². The quantitative estimate of drug-likeness (QED) is 0.772.